The molecule has 0 amide bonds. The van der Waals surface area contributed by atoms with Crippen molar-refractivity contribution >= 4 is 5.78 Å². The molecule has 0 bridgehead atoms. The van der Waals surface area contributed by atoms with E-state index in [9.17, 15) is 4.79 Å². The van der Waals surface area contributed by atoms with Crippen molar-refractivity contribution in [1.29, 1.82) is 0 Å². The summed E-state index contributed by atoms with van der Waals surface area (Å²) in [5.74, 6) is 0.305. The molecule has 0 aliphatic heterocycles. The number of carbonyl (C=O) groups excluding carboxylic acids is 1. The zero-order chi connectivity index (χ0) is 9.80. The molecule has 2 heteroatoms. The van der Waals surface area contributed by atoms with Crippen molar-refractivity contribution in [2.24, 2.45) is 0 Å². The summed E-state index contributed by atoms with van der Waals surface area (Å²) in [6.07, 6.45) is 3.57. The highest BCUT2D eigenvalue weighted by Gasteiger charge is 2.14. The van der Waals surface area contributed by atoms with Crippen LogP contribution in [-0.2, 0) is 0 Å². The van der Waals surface area contributed by atoms with Gasteiger partial charge in [0.05, 0.1) is 11.1 Å². The van der Waals surface area contributed by atoms with Gasteiger partial charge in [-0.1, -0.05) is 18.2 Å². The van der Waals surface area contributed by atoms with Crippen LogP contribution in [0, 0.1) is 0 Å². The van der Waals surface area contributed by atoms with E-state index in [0.29, 0.717) is 5.78 Å². The van der Waals surface area contributed by atoms with Gasteiger partial charge >= 0.3 is 5.78 Å². The zero-order valence-corrected chi connectivity index (χ0v) is 7.64. The van der Waals surface area contributed by atoms with Crippen molar-refractivity contribution < 1.29 is 9.78 Å². The van der Waals surface area contributed by atoms with Crippen LogP contribution < -0.4 is 4.98 Å². The number of nitrogens with one attached hydrogen (secondary N) is 1. The number of rotatable bonds is 2. The molecule has 1 aromatic carbocycles. The number of benzene rings is 1. The standard InChI is InChI=1S/C12H9NO/c14-12(10-4-2-1-3-5-10)11-6-8-13-9-7-11/h1-9H/p+2. The normalized spacial score (nSPS) is 9.71. The van der Waals surface area contributed by atoms with Gasteiger partial charge in [0, 0.05) is 12.1 Å². The predicted octanol–water partition coefficient (Wildman–Crippen LogP) is 1.44. The summed E-state index contributed by atoms with van der Waals surface area (Å²) in [5, 5.41) is 0. The molecule has 2 rings (SSSR count). The van der Waals surface area contributed by atoms with Gasteiger partial charge in [-0.15, -0.1) is 0 Å². The Labute approximate surface area is 82.2 Å². The van der Waals surface area contributed by atoms with Crippen LogP contribution in [0.25, 0.3) is 0 Å². The van der Waals surface area contributed by atoms with Crippen LogP contribution in [0.15, 0.2) is 54.9 Å². The first-order valence-corrected chi connectivity index (χ1v) is 4.46. The van der Waals surface area contributed by atoms with Crippen molar-refractivity contribution in [3.8, 4) is 0 Å². The van der Waals surface area contributed by atoms with Crippen molar-refractivity contribution in [3.05, 3.63) is 66.0 Å². The number of H-pyrrole nitrogens is 1. The second-order valence-corrected chi connectivity index (χ2v) is 3.00. The quantitative estimate of drug-likeness (QED) is 0.501. The zero-order valence-electron chi connectivity index (χ0n) is 7.64. The lowest BCUT2D eigenvalue weighted by Gasteiger charge is -1.92. The molecule has 0 saturated carbocycles. The lowest BCUT2D eigenvalue weighted by molar-refractivity contribution is -0.378. The highest BCUT2D eigenvalue weighted by atomic mass is 16.1. The lowest BCUT2D eigenvalue weighted by atomic mass is 10.1. The van der Waals surface area contributed by atoms with E-state index in [1.54, 1.807) is 12.4 Å². The average Bonchev–Trinajstić information content (AvgIpc) is 2.30. The molecule has 0 saturated heterocycles. The molecule has 0 aliphatic rings. The molecule has 0 fully saturated rings. The summed E-state index contributed by atoms with van der Waals surface area (Å²) in [6.45, 7) is 0. The van der Waals surface area contributed by atoms with E-state index in [1.807, 2.05) is 42.5 Å². The van der Waals surface area contributed by atoms with Gasteiger partial charge in [0.25, 0.3) is 0 Å². The van der Waals surface area contributed by atoms with Crippen LogP contribution in [0.1, 0.15) is 11.1 Å². The minimum Gasteiger partial charge on any atom is -0.273 e. The first-order chi connectivity index (χ1) is 6.88. The smallest absolute Gasteiger partial charge is 0.273 e. The molecule has 0 unspecified atom stereocenters. The van der Waals surface area contributed by atoms with E-state index in [0.717, 1.165) is 11.1 Å². The maximum absolute atomic E-state index is 9.89. The molecule has 1 aromatic heterocycles. The summed E-state index contributed by atoms with van der Waals surface area (Å²) in [6, 6.07) is 13.2. The van der Waals surface area contributed by atoms with Gasteiger partial charge in [-0.05, 0) is 12.1 Å². The van der Waals surface area contributed by atoms with E-state index in [-0.39, 0.29) is 0 Å². The maximum atomic E-state index is 9.89. The van der Waals surface area contributed by atoms with Crippen molar-refractivity contribution in [2.45, 2.75) is 0 Å². The highest BCUT2D eigenvalue weighted by Crippen LogP contribution is 2.06. The number of hydrogen-bond acceptors (Lipinski definition) is 0. The third-order valence-corrected chi connectivity index (χ3v) is 2.04. The largest absolute Gasteiger partial charge is 0.354 e. The SMILES string of the molecule is [OH+]=C(c1ccccc1)c1cc[nH+]cc1. The van der Waals surface area contributed by atoms with Gasteiger partial charge in [-0.25, -0.2) is 4.98 Å². The van der Waals surface area contributed by atoms with Crippen LogP contribution >= 0.6 is 0 Å². The Morgan fingerprint density at radius 1 is 0.857 bits per heavy atom. The van der Waals surface area contributed by atoms with Crippen molar-refractivity contribution in [3.63, 3.8) is 0 Å². The third kappa shape index (κ3) is 1.69. The molecule has 68 valence electrons. The molecule has 0 atom stereocenters. The van der Waals surface area contributed by atoms with E-state index >= 15 is 0 Å². The summed E-state index contributed by atoms with van der Waals surface area (Å²) in [5.41, 5.74) is 1.65. The average molecular weight is 185 g/mol. The molecule has 0 aliphatic carbocycles. The van der Waals surface area contributed by atoms with Crippen molar-refractivity contribution in [2.75, 3.05) is 0 Å². The Morgan fingerprint density at radius 2 is 1.43 bits per heavy atom. The Balaban J connectivity index is 2.35. The Morgan fingerprint density at radius 3 is 2.07 bits per heavy atom. The summed E-state index contributed by atoms with van der Waals surface area (Å²) in [4.78, 5) is 12.8. The summed E-state index contributed by atoms with van der Waals surface area (Å²) < 4.78 is 0. The number of aromatic nitrogens is 1. The fourth-order valence-electron chi connectivity index (χ4n) is 1.31. The van der Waals surface area contributed by atoms with Gasteiger partial charge in [0.15, 0.2) is 12.4 Å². The Kier molecular flexibility index (Phi) is 2.36. The van der Waals surface area contributed by atoms with E-state index < -0.39 is 0 Å². The third-order valence-electron chi connectivity index (χ3n) is 2.04. The minimum atomic E-state index is 0.305. The predicted molar refractivity (Wildman–Crippen MR) is 54.6 cm³/mol. The fraction of sp³-hybridized carbons (Fsp3) is 0. The molecular weight excluding hydrogens is 174 g/mol. The molecule has 14 heavy (non-hydrogen) atoms. The van der Waals surface area contributed by atoms with Crippen LogP contribution in [0.2, 0.25) is 0 Å². The van der Waals surface area contributed by atoms with Crippen LogP contribution in [-0.4, -0.2) is 10.6 Å². The number of ketones is 1. The van der Waals surface area contributed by atoms with Crippen molar-refractivity contribution in [1.82, 2.24) is 0 Å². The Bertz CT molecular complexity index is 381. The first-order valence-electron chi connectivity index (χ1n) is 4.46. The molecule has 1 heterocycles. The molecule has 2 aromatic rings. The van der Waals surface area contributed by atoms with Gasteiger partial charge < -0.3 is 0 Å². The molecule has 2 N–H and O–H groups in total. The van der Waals surface area contributed by atoms with E-state index in [4.69, 9.17) is 0 Å². The van der Waals surface area contributed by atoms with Crippen LogP contribution in [0.3, 0.4) is 0 Å². The molecule has 0 radical (unpaired) electrons. The number of pyridine rings is 1. The molecule has 2 nitrogen and oxygen atoms in total. The van der Waals surface area contributed by atoms with Gasteiger partial charge in [0.2, 0.25) is 0 Å². The number of aromatic amines is 1. The Hall–Kier alpha value is -1.96. The lowest BCUT2D eigenvalue weighted by Crippen LogP contribution is -2.06. The van der Waals surface area contributed by atoms with Crippen LogP contribution in [0.5, 0.6) is 0 Å². The van der Waals surface area contributed by atoms with Crippen LogP contribution in [0.4, 0.5) is 0 Å². The first kappa shape index (κ1) is 8.63. The monoisotopic (exact) mass is 185 g/mol. The fourth-order valence-corrected chi connectivity index (χ4v) is 1.31. The second kappa shape index (κ2) is 3.83. The maximum Gasteiger partial charge on any atom is 0.354 e. The van der Waals surface area contributed by atoms with Gasteiger partial charge in [0.1, 0.15) is 0 Å². The number of hydrogen-bond donors (Lipinski definition) is 0. The minimum absolute atomic E-state index is 0.305. The second-order valence-electron chi connectivity index (χ2n) is 3.00. The van der Waals surface area contributed by atoms with E-state index in [1.165, 1.54) is 0 Å². The molecule has 0 spiro atoms. The van der Waals surface area contributed by atoms with Gasteiger partial charge in [-0.3, -0.25) is 4.79 Å². The summed E-state index contributed by atoms with van der Waals surface area (Å²) in [7, 11) is 0. The summed E-state index contributed by atoms with van der Waals surface area (Å²) >= 11 is 0. The van der Waals surface area contributed by atoms with Gasteiger partial charge in [-0.2, -0.15) is 0 Å². The highest BCUT2D eigenvalue weighted by molar-refractivity contribution is 6.09. The van der Waals surface area contributed by atoms with E-state index in [2.05, 4.69) is 4.98 Å². The molecular formula is C12H11NO+2. The topological polar surface area (TPSA) is 35.5 Å².